The predicted octanol–water partition coefficient (Wildman–Crippen LogP) is 1.41. The molecule has 0 saturated carbocycles. The number of fused-ring (bicyclic) bond motifs is 1. The Morgan fingerprint density at radius 1 is 1.17 bits per heavy atom. The zero-order chi connectivity index (χ0) is 12.5. The van der Waals surface area contributed by atoms with Gasteiger partial charge in [0.15, 0.2) is 0 Å². The van der Waals surface area contributed by atoms with Crippen LogP contribution in [0.15, 0.2) is 44.6 Å². The van der Waals surface area contributed by atoms with Gasteiger partial charge in [0, 0.05) is 18.2 Å². The number of hydrogen-bond acceptors (Lipinski definition) is 4. The van der Waals surface area contributed by atoms with Crippen LogP contribution >= 0.6 is 0 Å². The van der Waals surface area contributed by atoms with Crippen molar-refractivity contribution in [2.24, 2.45) is 5.10 Å². The van der Waals surface area contributed by atoms with Gasteiger partial charge < -0.3 is 4.42 Å². The maximum absolute atomic E-state index is 11.9. The highest BCUT2D eigenvalue weighted by atomic mass is 16.4. The lowest BCUT2D eigenvalue weighted by molar-refractivity contribution is -0.121. The molecule has 2 heterocycles. The molecule has 1 amide bonds. The van der Waals surface area contributed by atoms with E-state index in [0.717, 1.165) is 5.39 Å². The molecule has 0 radical (unpaired) electrons. The predicted molar refractivity (Wildman–Crippen MR) is 66.4 cm³/mol. The standard InChI is InChI=1S/C13H10N2O3/c16-12-6-5-10(14-15-12)9-7-8-3-1-2-4-11(8)18-13(9)17/h1-4,7H,5-6H2,(H,15,16). The lowest BCUT2D eigenvalue weighted by atomic mass is 10.0. The maximum Gasteiger partial charge on any atom is 0.345 e. The van der Waals surface area contributed by atoms with Gasteiger partial charge in [-0.05, 0) is 12.1 Å². The van der Waals surface area contributed by atoms with E-state index in [4.69, 9.17) is 4.42 Å². The molecule has 5 nitrogen and oxygen atoms in total. The number of carbonyl (C=O) groups excluding carboxylic acids is 1. The van der Waals surface area contributed by atoms with Crippen molar-refractivity contribution in [2.75, 3.05) is 0 Å². The zero-order valence-electron chi connectivity index (χ0n) is 9.47. The summed E-state index contributed by atoms with van der Waals surface area (Å²) >= 11 is 0. The lowest BCUT2D eigenvalue weighted by Crippen LogP contribution is -2.28. The molecule has 18 heavy (non-hydrogen) atoms. The van der Waals surface area contributed by atoms with Crippen molar-refractivity contribution in [3.8, 4) is 0 Å². The summed E-state index contributed by atoms with van der Waals surface area (Å²) in [4.78, 5) is 22.9. The molecule has 90 valence electrons. The second kappa shape index (κ2) is 4.10. The number of nitrogens with one attached hydrogen (secondary N) is 1. The Labute approximate surface area is 102 Å². The first-order chi connectivity index (χ1) is 8.74. The molecule has 3 rings (SSSR count). The minimum absolute atomic E-state index is 0.135. The number of carbonyl (C=O) groups is 1. The van der Waals surface area contributed by atoms with Crippen molar-refractivity contribution >= 4 is 22.6 Å². The van der Waals surface area contributed by atoms with Gasteiger partial charge >= 0.3 is 5.63 Å². The maximum atomic E-state index is 11.9. The van der Waals surface area contributed by atoms with Crippen LogP contribution in [0, 0.1) is 0 Å². The number of hydrazone groups is 1. The topological polar surface area (TPSA) is 71.7 Å². The number of benzene rings is 1. The Bertz CT molecular complexity index is 715. The van der Waals surface area contributed by atoms with E-state index in [9.17, 15) is 9.59 Å². The average Bonchev–Trinajstić information content (AvgIpc) is 2.39. The summed E-state index contributed by atoms with van der Waals surface area (Å²) in [7, 11) is 0. The molecular weight excluding hydrogens is 232 g/mol. The van der Waals surface area contributed by atoms with Gasteiger partial charge in [-0.25, -0.2) is 10.2 Å². The number of rotatable bonds is 1. The summed E-state index contributed by atoms with van der Waals surface area (Å²) in [6.07, 6.45) is 0.792. The summed E-state index contributed by atoms with van der Waals surface area (Å²) in [5.41, 5.74) is 3.47. The Morgan fingerprint density at radius 2 is 2.00 bits per heavy atom. The SMILES string of the molecule is O=C1CCC(c2cc3ccccc3oc2=O)=NN1. The first-order valence-electron chi connectivity index (χ1n) is 5.63. The first-order valence-corrected chi connectivity index (χ1v) is 5.63. The monoisotopic (exact) mass is 242 g/mol. The highest BCUT2D eigenvalue weighted by Crippen LogP contribution is 2.15. The van der Waals surface area contributed by atoms with Gasteiger partial charge in [-0.1, -0.05) is 18.2 Å². The van der Waals surface area contributed by atoms with Gasteiger partial charge in [0.1, 0.15) is 5.58 Å². The smallest absolute Gasteiger partial charge is 0.345 e. The zero-order valence-corrected chi connectivity index (χ0v) is 9.47. The van der Waals surface area contributed by atoms with Gasteiger partial charge in [-0.3, -0.25) is 4.79 Å². The molecule has 1 N–H and O–H groups in total. The van der Waals surface area contributed by atoms with Gasteiger partial charge in [-0.15, -0.1) is 0 Å². The fraction of sp³-hybridized carbons (Fsp3) is 0.154. The van der Waals surface area contributed by atoms with Crippen LogP contribution in [0.25, 0.3) is 11.0 Å². The molecule has 1 aliphatic rings. The van der Waals surface area contributed by atoms with Crippen LogP contribution in [-0.2, 0) is 4.79 Å². The molecule has 0 spiro atoms. The Kier molecular flexibility index (Phi) is 2.44. The van der Waals surface area contributed by atoms with E-state index in [1.807, 2.05) is 18.2 Å². The second-order valence-electron chi connectivity index (χ2n) is 4.08. The number of para-hydroxylation sites is 1. The van der Waals surface area contributed by atoms with Crippen LogP contribution < -0.4 is 11.1 Å². The van der Waals surface area contributed by atoms with E-state index in [2.05, 4.69) is 10.5 Å². The van der Waals surface area contributed by atoms with E-state index in [1.165, 1.54) is 0 Å². The van der Waals surface area contributed by atoms with E-state index in [-0.39, 0.29) is 5.91 Å². The molecule has 0 atom stereocenters. The molecule has 0 saturated heterocycles. The number of hydrogen-bond donors (Lipinski definition) is 1. The third-order valence-electron chi connectivity index (χ3n) is 2.86. The Hall–Kier alpha value is -2.43. The highest BCUT2D eigenvalue weighted by Gasteiger charge is 2.17. The molecule has 0 fully saturated rings. The van der Waals surface area contributed by atoms with Crippen LogP contribution in [0.2, 0.25) is 0 Å². The van der Waals surface area contributed by atoms with E-state index < -0.39 is 5.63 Å². The van der Waals surface area contributed by atoms with Crippen molar-refractivity contribution in [1.82, 2.24) is 5.43 Å². The Morgan fingerprint density at radius 3 is 2.78 bits per heavy atom. The minimum Gasteiger partial charge on any atom is -0.422 e. The van der Waals surface area contributed by atoms with Gasteiger partial charge in [0.2, 0.25) is 5.91 Å². The van der Waals surface area contributed by atoms with Gasteiger partial charge in [-0.2, -0.15) is 5.10 Å². The molecule has 0 unspecified atom stereocenters. The third-order valence-corrected chi connectivity index (χ3v) is 2.86. The highest BCUT2D eigenvalue weighted by molar-refractivity contribution is 6.05. The average molecular weight is 242 g/mol. The van der Waals surface area contributed by atoms with Crippen LogP contribution in [0.3, 0.4) is 0 Å². The molecule has 0 bridgehead atoms. The van der Waals surface area contributed by atoms with Gasteiger partial charge in [0.05, 0.1) is 11.3 Å². The second-order valence-corrected chi connectivity index (χ2v) is 4.08. The normalized spacial score (nSPS) is 15.3. The van der Waals surface area contributed by atoms with Gasteiger partial charge in [0.25, 0.3) is 0 Å². The van der Waals surface area contributed by atoms with Crippen molar-refractivity contribution in [2.45, 2.75) is 12.8 Å². The lowest BCUT2D eigenvalue weighted by Gasteiger charge is -2.11. The van der Waals surface area contributed by atoms with Crippen LogP contribution in [-0.4, -0.2) is 11.6 Å². The van der Waals surface area contributed by atoms with Crippen molar-refractivity contribution < 1.29 is 9.21 Å². The summed E-state index contributed by atoms with van der Waals surface area (Å²) in [5.74, 6) is -0.135. The first kappa shape index (κ1) is 10.7. The summed E-state index contributed by atoms with van der Waals surface area (Å²) in [5, 5.41) is 4.75. The molecule has 0 aliphatic carbocycles. The largest absolute Gasteiger partial charge is 0.422 e. The fourth-order valence-corrected chi connectivity index (χ4v) is 1.93. The number of nitrogens with zero attached hydrogens (tertiary/aromatic N) is 1. The third kappa shape index (κ3) is 1.79. The van der Waals surface area contributed by atoms with E-state index in [1.54, 1.807) is 12.1 Å². The minimum atomic E-state index is -0.427. The number of amides is 1. The van der Waals surface area contributed by atoms with Crippen LogP contribution in [0.5, 0.6) is 0 Å². The summed E-state index contributed by atoms with van der Waals surface area (Å²) < 4.78 is 5.22. The van der Waals surface area contributed by atoms with Crippen molar-refractivity contribution in [3.05, 3.63) is 46.3 Å². The molecule has 1 aliphatic heterocycles. The van der Waals surface area contributed by atoms with Crippen LogP contribution in [0.4, 0.5) is 0 Å². The summed E-state index contributed by atoms with van der Waals surface area (Å²) in [6, 6.07) is 9.03. The van der Waals surface area contributed by atoms with Crippen LogP contribution in [0.1, 0.15) is 18.4 Å². The molecule has 5 heteroatoms. The van der Waals surface area contributed by atoms with E-state index >= 15 is 0 Å². The summed E-state index contributed by atoms with van der Waals surface area (Å²) in [6.45, 7) is 0. The van der Waals surface area contributed by atoms with Crippen molar-refractivity contribution in [3.63, 3.8) is 0 Å². The molecule has 1 aromatic carbocycles. The molecule has 2 aromatic rings. The van der Waals surface area contributed by atoms with Crippen molar-refractivity contribution in [1.29, 1.82) is 0 Å². The fourth-order valence-electron chi connectivity index (χ4n) is 1.93. The molecule has 1 aromatic heterocycles. The van der Waals surface area contributed by atoms with E-state index in [0.29, 0.717) is 29.7 Å². The Balaban J connectivity index is 2.15. The molecular formula is C13H10N2O3. The quantitative estimate of drug-likeness (QED) is 0.768.